The summed E-state index contributed by atoms with van der Waals surface area (Å²) >= 11 is 0. The minimum Gasteiger partial charge on any atom is -0.457 e. The van der Waals surface area contributed by atoms with Crippen molar-refractivity contribution in [2.24, 2.45) is 11.8 Å². The molecule has 6 heterocycles. The molecule has 2 fully saturated rings. The van der Waals surface area contributed by atoms with E-state index in [1.54, 1.807) is 20.0 Å². The van der Waals surface area contributed by atoms with Crippen LogP contribution in [0.1, 0.15) is 161 Å². The van der Waals surface area contributed by atoms with Gasteiger partial charge in [0.15, 0.2) is 0 Å². The van der Waals surface area contributed by atoms with Crippen molar-refractivity contribution in [3.05, 3.63) is 89.5 Å². The number of hydrogen-bond acceptors (Lipinski definition) is 14. The highest BCUT2D eigenvalue weighted by molar-refractivity contribution is 5.93. The quantitative estimate of drug-likeness (QED) is 0.121. The number of esters is 2. The summed E-state index contributed by atoms with van der Waals surface area (Å²) < 4.78 is 11.6. The number of nitrogens with zero attached hydrogens (tertiary/aromatic N) is 4. The number of fused-ring (bicyclic) bond motifs is 8. The van der Waals surface area contributed by atoms with Gasteiger partial charge in [-0.05, 0) is 150 Å². The number of nitrogens with one attached hydrogen (secondary N) is 6. The fraction of sp³-hybridized carbons (Fsp3) is 0.533. The third-order valence-electron chi connectivity index (χ3n) is 15.0. The molecule has 10 bridgehead atoms. The smallest absolute Gasteiger partial charge is 0.325 e. The summed E-state index contributed by atoms with van der Waals surface area (Å²) in [5.74, 6) is -3.16. The molecule has 2 saturated heterocycles. The fourth-order valence-electron chi connectivity index (χ4n) is 10.1. The van der Waals surface area contributed by atoms with Gasteiger partial charge in [0.1, 0.15) is 48.5 Å². The van der Waals surface area contributed by atoms with E-state index in [2.05, 4.69) is 48.2 Å². The Morgan fingerprint density at radius 1 is 0.525 bits per heavy atom. The molecule has 2 aromatic carbocycles. The molecule has 20 nitrogen and oxygen atoms in total. The molecule has 0 saturated carbocycles. The largest absolute Gasteiger partial charge is 0.457 e. The fourth-order valence-corrected chi connectivity index (χ4v) is 10.1. The third-order valence-corrected chi connectivity index (χ3v) is 15.0. The van der Waals surface area contributed by atoms with E-state index in [9.17, 15) is 38.4 Å². The van der Waals surface area contributed by atoms with Crippen LogP contribution in [-0.4, -0.2) is 117 Å². The number of ether oxygens (including phenoxy) is 2. The number of hydrogen-bond donors (Lipinski definition) is 6. The zero-order valence-corrected chi connectivity index (χ0v) is 47.5. The molecule has 0 radical (unpaired) electrons. The van der Waals surface area contributed by atoms with Crippen LogP contribution in [0.2, 0.25) is 0 Å². The first-order valence-corrected chi connectivity index (χ1v) is 28.4. The van der Waals surface area contributed by atoms with Crippen molar-refractivity contribution in [2.75, 3.05) is 13.1 Å². The van der Waals surface area contributed by atoms with E-state index in [1.165, 1.54) is 10.0 Å². The molecule has 0 unspecified atom stereocenters. The van der Waals surface area contributed by atoms with Crippen molar-refractivity contribution in [3.63, 3.8) is 0 Å². The molecular formula is C60H80N10O10. The van der Waals surface area contributed by atoms with Crippen LogP contribution in [0.4, 0.5) is 0 Å². The maximum atomic E-state index is 13.2. The van der Waals surface area contributed by atoms with Gasteiger partial charge >= 0.3 is 11.9 Å². The molecule has 4 aromatic rings. The second kappa shape index (κ2) is 28.2. The van der Waals surface area contributed by atoms with Crippen molar-refractivity contribution in [2.45, 2.75) is 181 Å². The van der Waals surface area contributed by atoms with Crippen LogP contribution in [0.25, 0.3) is 27.6 Å². The van der Waals surface area contributed by atoms with Crippen molar-refractivity contribution in [3.8, 4) is 0 Å². The van der Waals surface area contributed by atoms with Gasteiger partial charge in [-0.25, -0.2) is 10.9 Å². The van der Waals surface area contributed by atoms with Crippen LogP contribution in [0.3, 0.4) is 0 Å². The Hall–Kier alpha value is -7.32. The van der Waals surface area contributed by atoms with Gasteiger partial charge in [-0.3, -0.25) is 58.3 Å². The van der Waals surface area contributed by atoms with Gasteiger partial charge in [0.25, 0.3) is 11.8 Å². The molecule has 8 rings (SSSR count). The highest BCUT2D eigenvalue weighted by Crippen LogP contribution is 2.27. The average Bonchev–Trinajstić information content (AvgIpc) is 3.47. The van der Waals surface area contributed by atoms with E-state index in [0.717, 1.165) is 63.3 Å². The summed E-state index contributed by atoms with van der Waals surface area (Å²) in [4.78, 5) is 113. The average molecular weight is 1100 g/mol. The number of carbonyl (C=O) groups excluding carboxylic acids is 8. The predicted molar refractivity (Wildman–Crippen MR) is 302 cm³/mol. The minimum atomic E-state index is -0.853. The summed E-state index contributed by atoms with van der Waals surface area (Å²) in [5.41, 5.74) is 9.48. The van der Waals surface area contributed by atoms with E-state index in [1.807, 2.05) is 102 Å². The van der Waals surface area contributed by atoms with Gasteiger partial charge in [-0.15, -0.1) is 0 Å². The summed E-state index contributed by atoms with van der Waals surface area (Å²) in [6.45, 7) is 15.1. The number of aryl methyl sites for hydroxylation is 1. The van der Waals surface area contributed by atoms with Crippen molar-refractivity contribution in [1.29, 1.82) is 0 Å². The summed E-state index contributed by atoms with van der Waals surface area (Å²) in [7, 11) is 0. The lowest BCUT2D eigenvalue weighted by Gasteiger charge is -2.35. The molecule has 4 aliphatic heterocycles. The summed E-state index contributed by atoms with van der Waals surface area (Å²) in [5, 5.41) is 17.9. The molecule has 6 N–H and O–H groups in total. The molecule has 0 aliphatic carbocycles. The SMILES string of the molecule is CC(C)[C@@H]1NC(=O)CCC/C=C/c2cc3cc(ccc3cn2)[C@@H](C)OC(=O)[C@@H]2CCCN(N2)C(=O)[C@H](C)NC1=O.CC(C)[C@@H]1NC(=O)CCCCCc2cc3cc(ccc3cn2)[C@@H](C)OC(=O)[C@@H]2CCCN(N2)C(=O)[C@H](C)NC1=O. The van der Waals surface area contributed by atoms with E-state index < -0.39 is 72.2 Å². The summed E-state index contributed by atoms with van der Waals surface area (Å²) in [6.07, 6.45) is 14.0. The van der Waals surface area contributed by atoms with Crippen LogP contribution in [0, 0.1) is 11.8 Å². The highest BCUT2D eigenvalue weighted by atomic mass is 16.5. The molecule has 0 spiro atoms. The molecule has 2 aromatic heterocycles. The van der Waals surface area contributed by atoms with Crippen LogP contribution in [0.15, 0.2) is 67.0 Å². The topological polar surface area (TPSA) is 259 Å². The maximum absolute atomic E-state index is 13.2. The monoisotopic (exact) mass is 1100 g/mol. The second-order valence-corrected chi connectivity index (χ2v) is 22.2. The lowest BCUT2D eigenvalue weighted by molar-refractivity contribution is -0.158. The first-order chi connectivity index (χ1) is 38.2. The molecule has 430 valence electrons. The number of rotatable bonds is 2. The number of carbonyl (C=O) groups is 8. The third kappa shape index (κ3) is 16.4. The van der Waals surface area contributed by atoms with E-state index >= 15 is 0 Å². The van der Waals surface area contributed by atoms with Gasteiger partial charge in [0.05, 0.1) is 5.69 Å². The number of benzene rings is 2. The number of hydrazine groups is 2. The zero-order valence-electron chi connectivity index (χ0n) is 47.5. The molecule has 80 heavy (non-hydrogen) atoms. The molecule has 8 atom stereocenters. The number of amides is 6. The van der Waals surface area contributed by atoms with Crippen LogP contribution in [0.5, 0.6) is 0 Å². The Morgan fingerprint density at radius 2 is 1.00 bits per heavy atom. The van der Waals surface area contributed by atoms with Crippen molar-refractivity contribution in [1.82, 2.24) is 52.1 Å². The predicted octanol–water partition coefficient (Wildman–Crippen LogP) is 6.27. The van der Waals surface area contributed by atoms with Crippen LogP contribution >= 0.6 is 0 Å². The second-order valence-electron chi connectivity index (χ2n) is 22.2. The Labute approximate surface area is 468 Å². The maximum Gasteiger partial charge on any atom is 0.325 e. The molecule has 20 heteroatoms. The van der Waals surface area contributed by atoms with Gasteiger partial charge < -0.3 is 30.7 Å². The Morgan fingerprint density at radius 3 is 1.51 bits per heavy atom. The lowest BCUT2D eigenvalue weighted by atomic mass is 10.0. The van der Waals surface area contributed by atoms with Gasteiger partial charge in [-0.2, -0.15) is 0 Å². The lowest BCUT2D eigenvalue weighted by Crippen LogP contribution is -2.61. The number of cyclic esters (lactones) is 2. The summed E-state index contributed by atoms with van der Waals surface area (Å²) in [6, 6.07) is 11.3. The van der Waals surface area contributed by atoms with Crippen LogP contribution in [-0.2, 0) is 54.3 Å². The zero-order chi connectivity index (χ0) is 57.6. The van der Waals surface area contributed by atoms with Gasteiger partial charge in [-0.1, -0.05) is 64.5 Å². The first kappa shape index (κ1) is 60.3. The standard InChI is InChI=1S/C30H41N5O5.C30H39N5O5/c2*1-18(2)27-28(37)32-19(3)29(38)35-14-8-10-25(34-35)30(39)40-20(4)21-12-13-22-17-31-24(16-23(22)15-21)9-6-5-7-11-26(36)33-27/h12-13,15-20,25,27,34H,5-11,14H2,1-4H3,(H,32,37)(H,33,36);6,9,12-13,15-20,25,27,34H,5,7-8,10-11,14H2,1-4H3,(H,32,37)(H,33,36)/b;9-6+/t2*19-,20+,25-,27-/m00/s1. The highest BCUT2D eigenvalue weighted by Gasteiger charge is 2.36. The molecule has 6 amide bonds. The number of allylic oxidation sites excluding steroid dienone is 1. The normalized spacial score (nSPS) is 26.3. The molecule has 4 aliphatic rings. The molecular weight excluding hydrogens is 1020 g/mol. The van der Waals surface area contributed by atoms with E-state index in [4.69, 9.17) is 9.47 Å². The van der Waals surface area contributed by atoms with Gasteiger partial charge in [0, 0.05) is 54.8 Å². The van der Waals surface area contributed by atoms with Crippen molar-refractivity contribution < 1.29 is 47.8 Å². The first-order valence-electron chi connectivity index (χ1n) is 28.4. The van der Waals surface area contributed by atoms with E-state index in [-0.39, 0.29) is 41.9 Å². The number of aromatic nitrogens is 2. The Kier molecular flexibility index (Phi) is 21.3. The van der Waals surface area contributed by atoms with E-state index in [0.29, 0.717) is 64.5 Å². The minimum absolute atomic E-state index is 0.158. The Bertz CT molecular complexity index is 2930. The van der Waals surface area contributed by atoms with Crippen LogP contribution < -0.4 is 32.1 Å². The van der Waals surface area contributed by atoms with Crippen molar-refractivity contribution >= 4 is 75.0 Å². The number of pyridine rings is 2. The Balaban J connectivity index is 0.000000231. The van der Waals surface area contributed by atoms with Gasteiger partial charge in [0.2, 0.25) is 23.6 Å².